The van der Waals surface area contributed by atoms with Crippen molar-refractivity contribution >= 4 is 5.78 Å². The Hall–Kier alpha value is -2.03. The van der Waals surface area contributed by atoms with E-state index in [-0.39, 0.29) is 30.7 Å². The third kappa shape index (κ3) is 4.47. The first-order chi connectivity index (χ1) is 10.6. The molecular formula is C14H12F6N2O. The van der Waals surface area contributed by atoms with Crippen molar-refractivity contribution < 1.29 is 31.1 Å². The molecule has 0 spiro atoms. The Bertz CT molecular complexity index is 633. The molecule has 0 aliphatic carbocycles. The van der Waals surface area contributed by atoms with Gasteiger partial charge in [0.2, 0.25) is 0 Å². The predicted molar refractivity (Wildman–Crippen MR) is 69.0 cm³/mol. The Balaban J connectivity index is 2.22. The summed E-state index contributed by atoms with van der Waals surface area (Å²) >= 11 is 0. The summed E-state index contributed by atoms with van der Waals surface area (Å²) < 4.78 is 76.5. The van der Waals surface area contributed by atoms with E-state index in [0.717, 1.165) is 6.07 Å². The quantitative estimate of drug-likeness (QED) is 0.832. The van der Waals surface area contributed by atoms with Crippen LogP contribution in [0, 0.1) is 0 Å². The molecule has 0 atom stereocenters. The molecule has 0 fully saturated rings. The Labute approximate surface area is 127 Å². The molecule has 0 amide bonds. The van der Waals surface area contributed by atoms with Crippen LogP contribution in [0.5, 0.6) is 0 Å². The molecule has 0 aromatic heterocycles. The molecule has 1 aliphatic rings. The maximum atomic E-state index is 12.8. The van der Waals surface area contributed by atoms with E-state index in [9.17, 15) is 31.1 Å². The Morgan fingerprint density at radius 3 is 2.17 bits per heavy atom. The van der Waals surface area contributed by atoms with Crippen molar-refractivity contribution in [2.45, 2.75) is 25.2 Å². The number of carbonyl (C=O) groups excluding carboxylic acids is 1. The lowest BCUT2D eigenvalue weighted by atomic mass is 9.99. The van der Waals surface area contributed by atoms with Crippen LogP contribution in [0.3, 0.4) is 0 Å². The topological polar surface area (TPSA) is 41.1 Å². The lowest BCUT2D eigenvalue weighted by Gasteiger charge is -2.18. The molecule has 1 aromatic carbocycles. The summed E-state index contributed by atoms with van der Waals surface area (Å²) in [7, 11) is 0. The van der Waals surface area contributed by atoms with Crippen LogP contribution < -0.4 is 10.9 Å². The van der Waals surface area contributed by atoms with E-state index < -0.39 is 23.5 Å². The average Bonchev–Trinajstić information content (AvgIpc) is 2.43. The van der Waals surface area contributed by atoms with E-state index in [2.05, 4.69) is 10.9 Å². The molecule has 2 N–H and O–H groups in total. The van der Waals surface area contributed by atoms with Gasteiger partial charge in [0, 0.05) is 11.8 Å². The van der Waals surface area contributed by atoms with Crippen LogP contribution in [0.2, 0.25) is 0 Å². The summed E-state index contributed by atoms with van der Waals surface area (Å²) in [5.41, 5.74) is 2.43. The predicted octanol–water partition coefficient (Wildman–Crippen LogP) is 3.22. The van der Waals surface area contributed by atoms with Crippen LogP contribution in [0.1, 0.15) is 23.1 Å². The number of hydrazine groups is 1. The minimum Gasteiger partial charge on any atom is -0.325 e. The van der Waals surface area contributed by atoms with Gasteiger partial charge in [0.05, 0.1) is 17.7 Å². The second-order valence-corrected chi connectivity index (χ2v) is 4.99. The van der Waals surface area contributed by atoms with Crippen LogP contribution in [0.4, 0.5) is 26.3 Å². The van der Waals surface area contributed by atoms with E-state index in [1.165, 1.54) is 6.08 Å². The number of ketones is 1. The number of carbonyl (C=O) groups is 1. The average molecular weight is 338 g/mol. The fourth-order valence-electron chi connectivity index (χ4n) is 2.17. The Morgan fingerprint density at radius 1 is 0.957 bits per heavy atom. The first kappa shape index (κ1) is 17.3. The van der Waals surface area contributed by atoms with Crippen LogP contribution in [0.15, 0.2) is 30.0 Å². The minimum atomic E-state index is -5.10. The van der Waals surface area contributed by atoms with Crippen molar-refractivity contribution in [1.82, 2.24) is 10.9 Å². The third-order valence-electron chi connectivity index (χ3n) is 3.22. The van der Waals surface area contributed by atoms with Gasteiger partial charge >= 0.3 is 12.4 Å². The molecular weight excluding hydrogens is 326 g/mol. The van der Waals surface area contributed by atoms with Gasteiger partial charge in [-0.05, 0) is 30.5 Å². The largest absolute Gasteiger partial charge is 0.417 e. The highest BCUT2D eigenvalue weighted by Crippen LogP contribution is 2.40. The zero-order chi connectivity index (χ0) is 17.3. The van der Waals surface area contributed by atoms with E-state index in [1.807, 2.05) is 0 Å². The molecule has 23 heavy (non-hydrogen) atoms. The van der Waals surface area contributed by atoms with Crippen LogP contribution in [-0.2, 0) is 23.6 Å². The summed E-state index contributed by atoms with van der Waals surface area (Å²) in [5, 5.41) is 0. The van der Waals surface area contributed by atoms with Gasteiger partial charge in [-0.2, -0.15) is 26.3 Å². The zero-order valence-corrected chi connectivity index (χ0v) is 11.6. The van der Waals surface area contributed by atoms with Gasteiger partial charge in [-0.1, -0.05) is 6.07 Å². The second-order valence-electron chi connectivity index (χ2n) is 4.99. The summed E-state index contributed by atoms with van der Waals surface area (Å²) in [4.78, 5) is 11.2. The molecule has 0 saturated carbocycles. The fourth-order valence-corrected chi connectivity index (χ4v) is 2.17. The number of aryl methyl sites for hydroxylation is 1. The van der Waals surface area contributed by atoms with Crippen molar-refractivity contribution in [2.75, 3.05) is 6.54 Å². The maximum Gasteiger partial charge on any atom is 0.417 e. The standard InChI is InChI=1S/C14H12F6N2O/c15-13(16,17)11-4-2-8(5-12(11)14(18,19)20)1-3-9-6-10(23)7-21-22-9/h2,4-6,21-22H,1,3,7H2. The van der Waals surface area contributed by atoms with E-state index in [4.69, 9.17) is 0 Å². The number of allylic oxidation sites excluding steroid dienone is 1. The lowest BCUT2D eigenvalue weighted by molar-refractivity contribution is -0.162. The van der Waals surface area contributed by atoms with E-state index >= 15 is 0 Å². The highest BCUT2D eigenvalue weighted by molar-refractivity contribution is 5.92. The number of benzene rings is 1. The first-order valence-corrected chi connectivity index (χ1v) is 6.57. The van der Waals surface area contributed by atoms with Gasteiger partial charge in [-0.3, -0.25) is 4.79 Å². The number of nitrogens with one attached hydrogen (secondary N) is 2. The number of hydrogen-bond acceptors (Lipinski definition) is 3. The highest BCUT2D eigenvalue weighted by atomic mass is 19.4. The molecule has 3 nitrogen and oxygen atoms in total. The molecule has 1 aromatic rings. The molecule has 0 bridgehead atoms. The van der Waals surface area contributed by atoms with Crippen molar-refractivity contribution in [1.29, 1.82) is 0 Å². The van der Waals surface area contributed by atoms with Gasteiger partial charge in [-0.25, -0.2) is 5.43 Å². The SMILES string of the molecule is O=C1C=C(CCc2ccc(C(F)(F)F)c(C(F)(F)F)c2)NNC1. The third-order valence-corrected chi connectivity index (χ3v) is 3.22. The molecule has 0 saturated heterocycles. The zero-order valence-electron chi connectivity index (χ0n) is 11.6. The molecule has 126 valence electrons. The maximum absolute atomic E-state index is 12.8. The molecule has 0 radical (unpaired) electrons. The van der Waals surface area contributed by atoms with Crippen LogP contribution in [-0.4, -0.2) is 12.3 Å². The molecule has 9 heteroatoms. The summed E-state index contributed by atoms with van der Waals surface area (Å²) in [6.45, 7) is 0.0992. The van der Waals surface area contributed by atoms with E-state index in [0.29, 0.717) is 17.8 Å². The van der Waals surface area contributed by atoms with Crippen LogP contribution >= 0.6 is 0 Å². The van der Waals surface area contributed by atoms with E-state index in [1.54, 1.807) is 0 Å². The van der Waals surface area contributed by atoms with Crippen molar-refractivity contribution in [3.63, 3.8) is 0 Å². The van der Waals surface area contributed by atoms with Crippen molar-refractivity contribution in [3.05, 3.63) is 46.7 Å². The highest BCUT2D eigenvalue weighted by Gasteiger charge is 2.42. The van der Waals surface area contributed by atoms with Gasteiger partial charge in [0.15, 0.2) is 5.78 Å². The van der Waals surface area contributed by atoms with Gasteiger partial charge < -0.3 is 5.43 Å². The van der Waals surface area contributed by atoms with Gasteiger partial charge in [0.1, 0.15) is 0 Å². The molecule has 1 heterocycles. The second kappa shape index (κ2) is 6.23. The number of alkyl halides is 6. The number of rotatable bonds is 3. The summed E-state index contributed by atoms with van der Waals surface area (Å²) in [6, 6.07) is 1.95. The summed E-state index contributed by atoms with van der Waals surface area (Å²) in [5.74, 6) is -0.192. The number of halogens is 6. The first-order valence-electron chi connectivity index (χ1n) is 6.57. The number of hydrogen-bond donors (Lipinski definition) is 2. The molecule has 2 rings (SSSR count). The molecule has 1 aliphatic heterocycles. The monoisotopic (exact) mass is 338 g/mol. The van der Waals surface area contributed by atoms with Crippen LogP contribution in [0.25, 0.3) is 0 Å². The van der Waals surface area contributed by atoms with Crippen molar-refractivity contribution in [3.8, 4) is 0 Å². The Kier molecular flexibility index (Phi) is 4.69. The normalized spacial score (nSPS) is 16.1. The Morgan fingerprint density at radius 2 is 1.61 bits per heavy atom. The van der Waals surface area contributed by atoms with Gasteiger partial charge in [-0.15, -0.1) is 0 Å². The lowest BCUT2D eigenvalue weighted by Crippen LogP contribution is -2.39. The minimum absolute atomic E-state index is 0.0645. The van der Waals surface area contributed by atoms with Gasteiger partial charge in [0.25, 0.3) is 0 Å². The van der Waals surface area contributed by atoms with Crippen molar-refractivity contribution in [2.24, 2.45) is 0 Å². The summed E-state index contributed by atoms with van der Waals surface area (Å²) in [6.07, 6.45) is -8.60. The smallest absolute Gasteiger partial charge is 0.325 e. The fraction of sp³-hybridized carbons (Fsp3) is 0.357. The molecule has 0 unspecified atom stereocenters.